The summed E-state index contributed by atoms with van der Waals surface area (Å²) in [5.74, 6) is 0.774. The van der Waals surface area contributed by atoms with Gasteiger partial charge in [0.15, 0.2) is 0 Å². The molecule has 0 amide bonds. The number of hydrogen-bond acceptors (Lipinski definition) is 3. The van der Waals surface area contributed by atoms with Crippen molar-refractivity contribution < 1.29 is 4.74 Å². The predicted octanol–water partition coefficient (Wildman–Crippen LogP) is 1.60. The van der Waals surface area contributed by atoms with Crippen LogP contribution in [0.4, 0.5) is 0 Å². The van der Waals surface area contributed by atoms with Crippen LogP contribution in [0.3, 0.4) is 0 Å². The minimum absolute atomic E-state index is 0.380. The molecule has 0 bridgehead atoms. The monoisotopic (exact) mass is 247 g/mol. The first kappa shape index (κ1) is 11.6. The van der Waals surface area contributed by atoms with Crippen LogP contribution < -0.4 is 10.5 Å². The molecule has 0 unspecified atom stereocenters. The minimum atomic E-state index is 0.380. The van der Waals surface area contributed by atoms with Crippen LogP contribution >= 0.6 is 12.2 Å². The van der Waals surface area contributed by atoms with Gasteiger partial charge in [-0.15, -0.1) is 0 Å². The summed E-state index contributed by atoms with van der Waals surface area (Å²) in [6.07, 6.45) is 5.40. The van der Waals surface area contributed by atoms with Crippen LogP contribution in [0.15, 0.2) is 43.0 Å². The highest BCUT2D eigenvalue weighted by atomic mass is 32.1. The number of benzene rings is 1. The Morgan fingerprint density at radius 1 is 1.47 bits per heavy atom. The highest BCUT2D eigenvalue weighted by molar-refractivity contribution is 7.80. The van der Waals surface area contributed by atoms with Crippen molar-refractivity contribution in [2.45, 2.75) is 6.54 Å². The average Bonchev–Trinajstić information content (AvgIpc) is 2.82. The summed E-state index contributed by atoms with van der Waals surface area (Å²) < 4.78 is 7.56. The third-order valence-corrected chi connectivity index (χ3v) is 2.53. The standard InChI is InChI=1S/C12H13N3OS/c13-12(17)10-2-1-3-11(8-10)16-7-6-15-5-4-14-9-15/h1-5,8-9H,6-7H2,(H2,13,17). The highest BCUT2D eigenvalue weighted by Crippen LogP contribution is 2.13. The molecule has 0 saturated carbocycles. The summed E-state index contributed by atoms with van der Waals surface area (Å²) in [4.78, 5) is 4.34. The number of thiocarbonyl (C=S) groups is 1. The molecule has 1 aromatic heterocycles. The number of nitrogens with zero attached hydrogens (tertiary/aromatic N) is 2. The van der Waals surface area contributed by atoms with Gasteiger partial charge >= 0.3 is 0 Å². The number of aromatic nitrogens is 2. The van der Waals surface area contributed by atoms with Crippen molar-refractivity contribution in [2.75, 3.05) is 6.61 Å². The molecule has 0 spiro atoms. The fourth-order valence-corrected chi connectivity index (χ4v) is 1.55. The lowest BCUT2D eigenvalue weighted by Gasteiger charge is -2.07. The molecular weight excluding hydrogens is 234 g/mol. The molecule has 0 aliphatic heterocycles. The maximum Gasteiger partial charge on any atom is 0.120 e. The highest BCUT2D eigenvalue weighted by Gasteiger charge is 1.99. The zero-order valence-corrected chi connectivity index (χ0v) is 10.1. The summed E-state index contributed by atoms with van der Waals surface area (Å²) in [7, 11) is 0. The zero-order valence-electron chi connectivity index (χ0n) is 9.24. The third kappa shape index (κ3) is 3.29. The van der Waals surface area contributed by atoms with E-state index in [9.17, 15) is 0 Å². The van der Waals surface area contributed by atoms with Gasteiger partial charge in [0, 0.05) is 18.0 Å². The van der Waals surface area contributed by atoms with Crippen LogP contribution in [0.25, 0.3) is 0 Å². The predicted molar refractivity (Wildman–Crippen MR) is 70.1 cm³/mol. The lowest BCUT2D eigenvalue weighted by molar-refractivity contribution is 0.298. The molecule has 0 saturated heterocycles. The number of hydrogen-bond donors (Lipinski definition) is 1. The van der Waals surface area contributed by atoms with E-state index in [0.717, 1.165) is 17.9 Å². The number of rotatable bonds is 5. The van der Waals surface area contributed by atoms with E-state index in [1.54, 1.807) is 12.5 Å². The molecule has 1 heterocycles. The molecule has 2 N–H and O–H groups in total. The summed E-state index contributed by atoms with van der Waals surface area (Å²) in [6.45, 7) is 1.34. The van der Waals surface area contributed by atoms with Gasteiger partial charge in [0.2, 0.25) is 0 Å². The van der Waals surface area contributed by atoms with E-state index >= 15 is 0 Å². The topological polar surface area (TPSA) is 53.1 Å². The molecule has 2 rings (SSSR count). The van der Waals surface area contributed by atoms with E-state index in [1.807, 2.05) is 35.0 Å². The van der Waals surface area contributed by atoms with E-state index in [0.29, 0.717) is 11.6 Å². The Labute approximate surface area is 105 Å². The van der Waals surface area contributed by atoms with E-state index in [1.165, 1.54) is 0 Å². The van der Waals surface area contributed by atoms with E-state index < -0.39 is 0 Å². The van der Waals surface area contributed by atoms with Crippen molar-refractivity contribution >= 4 is 17.2 Å². The first-order valence-corrected chi connectivity index (χ1v) is 5.65. The zero-order chi connectivity index (χ0) is 12.1. The van der Waals surface area contributed by atoms with Crippen molar-refractivity contribution in [3.05, 3.63) is 48.5 Å². The fraction of sp³-hybridized carbons (Fsp3) is 0.167. The molecule has 0 atom stereocenters. The normalized spacial score (nSPS) is 10.1. The van der Waals surface area contributed by atoms with E-state index in [4.69, 9.17) is 22.7 Å². The quantitative estimate of drug-likeness (QED) is 0.815. The van der Waals surface area contributed by atoms with Crippen LogP contribution in [0.2, 0.25) is 0 Å². The summed E-state index contributed by atoms with van der Waals surface area (Å²) in [6, 6.07) is 7.47. The molecule has 1 aromatic carbocycles. The average molecular weight is 247 g/mol. The van der Waals surface area contributed by atoms with Crippen molar-refractivity contribution in [3.8, 4) is 5.75 Å². The lowest BCUT2D eigenvalue weighted by atomic mass is 10.2. The van der Waals surface area contributed by atoms with Crippen molar-refractivity contribution in [3.63, 3.8) is 0 Å². The minimum Gasteiger partial charge on any atom is -0.492 e. The van der Waals surface area contributed by atoms with Crippen molar-refractivity contribution in [1.29, 1.82) is 0 Å². The third-order valence-electron chi connectivity index (χ3n) is 2.30. The Hall–Kier alpha value is -1.88. The Morgan fingerprint density at radius 3 is 3.06 bits per heavy atom. The molecule has 17 heavy (non-hydrogen) atoms. The molecule has 88 valence electrons. The summed E-state index contributed by atoms with van der Waals surface area (Å²) in [5, 5.41) is 0. The first-order valence-electron chi connectivity index (χ1n) is 5.24. The number of imidazole rings is 1. The number of ether oxygens (including phenoxy) is 1. The molecule has 0 aliphatic rings. The number of nitrogens with two attached hydrogens (primary N) is 1. The molecule has 0 radical (unpaired) electrons. The second-order valence-corrected chi connectivity index (χ2v) is 3.98. The second kappa shape index (κ2) is 5.45. The summed E-state index contributed by atoms with van der Waals surface area (Å²) in [5.41, 5.74) is 6.37. The largest absolute Gasteiger partial charge is 0.492 e. The van der Waals surface area contributed by atoms with Gasteiger partial charge in [-0.1, -0.05) is 24.4 Å². The van der Waals surface area contributed by atoms with Gasteiger partial charge in [-0.05, 0) is 12.1 Å². The molecular formula is C12H13N3OS. The van der Waals surface area contributed by atoms with Crippen LogP contribution in [0.1, 0.15) is 5.56 Å². The van der Waals surface area contributed by atoms with Gasteiger partial charge in [0.1, 0.15) is 17.3 Å². The van der Waals surface area contributed by atoms with Crippen LogP contribution in [0, 0.1) is 0 Å². The Balaban J connectivity index is 1.90. The van der Waals surface area contributed by atoms with E-state index in [-0.39, 0.29) is 0 Å². The SMILES string of the molecule is NC(=S)c1cccc(OCCn2ccnc2)c1. The van der Waals surface area contributed by atoms with Crippen LogP contribution in [-0.2, 0) is 6.54 Å². The molecule has 2 aromatic rings. The van der Waals surface area contributed by atoms with Gasteiger partial charge in [0.05, 0.1) is 12.9 Å². The van der Waals surface area contributed by atoms with Crippen LogP contribution in [0.5, 0.6) is 5.75 Å². The molecule has 0 aliphatic carbocycles. The van der Waals surface area contributed by atoms with Gasteiger partial charge in [-0.2, -0.15) is 0 Å². The molecule has 0 fully saturated rings. The van der Waals surface area contributed by atoms with Gasteiger partial charge in [0.25, 0.3) is 0 Å². The van der Waals surface area contributed by atoms with Crippen LogP contribution in [-0.4, -0.2) is 21.1 Å². The smallest absolute Gasteiger partial charge is 0.120 e. The maximum absolute atomic E-state index is 5.61. The van der Waals surface area contributed by atoms with Gasteiger partial charge in [-0.3, -0.25) is 0 Å². The van der Waals surface area contributed by atoms with Gasteiger partial charge < -0.3 is 15.0 Å². The fourth-order valence-electron chi connectivity index (χ4n) is 1.43. The Bertz CT molecular complexity index is 496. The van der Waals surface area contributed by atoms with Crippen molar-refractivity contribution in [2.24, 2.45) is 5.73 Å². The van der Waals surface area contributed by atoms with Gasteiger partial charge in [-0.25, -0.2) is 4.98 Å². The Kier molecular flexibility index (Phi) is 3.72. The Morgan fingerprint density at radius 2 is 2.35 bits per heavy atom. The summed E-state index contributed by atoms with van der Waals surface area (Å²) >= 11 is 4.91. The lowest BCUT2D eigenvalue weighted by Crippen LogP contribution is -2.10. The molecule has 4 nitrogen and oxygen atoms in total. The van der Waals surface area contributed by atoms with E-state index in [2.05, 4.69) is 4.98 Å². The van der Waals surface area contributed by atoms with Crippen molar-refractivity contribution in [1.82, 2.24) is 9.55 Å². The molecule has 5 heteroatoms. The second-order valence-electron chi connectivity index (χ2n) is 3.54. The first-order chi connectivity index (χ1) is 8.25. The maximum atomic E-state index is 5.61.